The Kier molecular flexibility index (Phi) is 7.16. The molecule has 1 amide bonds. The number of benzene rings is 1. The van der Waals surface area contributed by atoms with Crippen molar-refractivity contribution in [2.24, 2.45) is 5.11 Å². The van der Waals surface area contributed by atoms with Crippen molar-refractivity contribution >= 4 is 21.8 Å². The minimum atomic E-state index is -2.91. The number of nitrogens with one attached hydrogen (secondary N) is 1. The lowest BCUT2D eigenvalue weighted by Crippen LogP contribution is -2.42. The Morgan fingerprint density at radius 1 is 1.40 bits per heavy atom. The number of hydrogen-bond donors (Lipinski definition) is 1. The molecular weight excluding hydrogens is 396 g/mol. The molecule has 1 unspecified atom stereocenters. The van der Waals surface area contributed by atoms with E-state index in [4.69, 9.17) is 5.53 Å². The van der Waals surface area contributed by atoms with Crippen molar-refractivity contribution in [3.05, 3.63) is 46.3 Å². The number of azide groups is 1. The minimum absolute atomic E-state index is 0.267. The molecule has 1 fully saturated rings. The van der Waals surface area contributed by atoms with Gasteiger partial charge >= 0.3 is 0 Å². The maximum absolute atomic E-state index is 13.2. The highest BCUT2D eigenvalue weighted by atomic mass is 79.9. The van der Waals surface area contributed by atoms with Crippen molar-refractivity contribution < 1.29 is 13.6 Å². The molecular formula is C16H20BrF2N5O. The van der Waals surface area contributed by atoms with Crippen LogP contribution in [0, 0.1) is 0 Å². The van der Waals surface area contributed by atoms with Crippen molar-refractivity contribution in [1.29, 1.82) is 0 Å². The van der Waals surface area contributed by atoms with Gasteiger partial charge in [-0.15, -0.1) is 0 Å². The highest BCUT2D eigenvalue weighted by molar-refractivity contribution is 9.09. The molecule has 25 heavy (non-hydrogen) atoms. The van der Waals surface area contributed by atoms with E-state index in [9.17, 15) is 13.6 Å². The van der Waals surface area contributed by atoms with E-state index in [2.05, 4.69) is 36.2 Å². The summed E-state index contributed by atoms with van der Waals surface area (Å²) in [6.07, 6.45) is -0.784. The maximum atomic E-state index is 13.2. The first-order valence-electron chi connectivity index (χ1n) is 7.97. The summed E-state index contributed by atoms with van der Waals surface area (Å²) in [7, 11) is 0. The van der Waals surface area contributed by atoms with E-state index < -0.39 is 29.6 Å². The highest BCUT2D eigenvalue weighted by Gasteiger charge is 2.34. The van der Waals surface area contributed by atoms with Crippen LogP contribution in [0.3, 0.4) is 0 Å². The van der Waals surface area contributed by atoms with Gasteiger partial charge in [-0.2, -0.15) is 0 Å². The fourth-order valence-corrected chi connectivity index (χ4v) is 3.08. The summed E-state index contributed by atoms with van der Waals surface area (Å²) < 4.78 is 26.5. The highest BCUT2D eigenvalue weighted by Crippen LogP contribution is 2.23. The molecule has 2 rings (SSSR count). The Labute approximate surface area is 153 Å². The number of carbonyl (C=O) groups excluding carboxylic acids is 1. The topological polar surface area (TPSA) is 81.1 Å². The third kappa shape index (κ3) is 6.26. The second-order valence-electron chi connectivity index (χ2n) is 6.12. The molecule has 1 aromatic carbocycles. The van der Waals surface area contributed by atoms with Crippen LogP contribution < -0.4 is 5.32 Å². The number of hydrogen-bond acceptors (Lipinski definition) is 3. The quantitative estimate of drug-likeness (QED) is 0.305. The zero-order valence-electron chi connectivity index (χ0n) is 13.6. The molecule has 0 aliphatic carbocycles. The van der Waals surface area contributed by atoms with Crippen LogP contribution in [-0.2, 0) is 11.3 Å². The van der Waals surface area contributed by atoms with Gasteiger partial charge in [0.1, 0.15) is 0 Å². The van der Waals surface area contributed by atoms with Crippen LogP contribution in [-0.4, -0.2) is 47.2 Å². The Balaban J connectivity index is 1.91. The summed E-state index contributed by atoms with van der Waals surface area (Å²) in [4.78, 5) is 16.9. The van der Waals surface area contributed by atoms with Crippen LogP contribution in [0.15, 0.2) is 35.4 Å². The van der Waals surface area contributed by atoms with Gasteiger partial charge in [0.25, 0.3) is 5.92 Å². The molecule has 1 saturated heterocycles. The molecule has 0 saturated carbocycles. The SMILES string of the molecule is [N-]=[N+]=NC1CN(Cc2ccccc2)C[C@@H]1NC(=O)CCC(F)(F)CBr. The standard InChI is InChI=1S/C16H20BrF2N5O/c17-11-16(18,19)7-6-15(25)21-13-9-24(10-14(13)22-23-20)8-12-4-2-1-3-5-12/h1-5,13-14H,6-11H2,(H,21,25)/t13-,14?/m0/s1. The molecule has 0 aromatic heterocycles. The van der Waals surface area contributed by atoms with E-state index in [-0.39, 0.29) is 12.5 Å². The van der Waals surface area contributed by atoms with Crippen LogP contribution in [0.4, 0.5) is 8.78 Å². The largest absolute Gasteiger partial charge is 0.352 e. The number of nitrogens with zero attached hydrogens (tertiary/aromatic N) is 4. The third-order valence-electron chi connectivity index (χ3n) is 4.07. The maximum Gasteiger partial charge on any atom is 0.258 e. The van der Waals surface area contributed by atoms with Gasteiger partial charge in [0.05, 0.1) is 17.4 Å². The first-order valence-corrected chi connectivity index (χ1v) is 9.09. The van der Waals surface area contributed by atoms with Gasteiger partial charge in [0, 0.05) is 37.4 Å². The molecule has 1 N–H and O–H groups in total. The van der Waals surface area contributed by atoms with Gasteiger partial charge in [0.15, 0.2) is 0 Å². The van der Waals surface area contributed by atoms with E-state index >= 15 is 0 Å². The van der Waals surface area contributed by atoms with Gasteiger partial charge < -0.3 is 5.32 Å². The molecule has 6 nitrogen and oxygen atoms in total. The fourth-order valence-electron chi connectivity index (χ4n) is 2.80. The van der Waals surface area contributed by atoms with Gasteiger partial charge in [-0.25, -0.2) is 8.78 Å². The minimum Gasteiger partial charge on any atom is -0.352 e. The predicted molar refractivity (Wildman–Crippen MR) is 94.6 cm³/mol. The average molecular weight is 416 g/mol. The molecule has 1 aliphatic rings. The fraction of sp³-hybridized carbons (Fsp3) is 0.562. The van der Waals surface area contributed by atoms with Crippen LogP contribution in [0.2, 0.25) is 0 Å². The molecule has 2 atom stereocenters. The van der Waals surface area contributed by atoms with E-state index in [0.717, 1.165) is 5.56 Å². The Morgan fingerprint density at radius 2 is 2.12 bits per heavy atom. The Bertz CT molecular complexity index is 624. The normalized spacial score (nSPS) is 20.9. The van der Waals surface area contributed by atoms with Crippen LogP contribution in [0.5, 0.6) is 0 Å². The lowest BCUT2D eigenvalue weighted by molar-refractivity contribution is -0.123. The van der Waals surface area contributed by atoms with Gasteiger partial charge in [-0.1, -0.05) is 51.4 Å². The summed E-state index contributed by atoms with van der Waals surface area (Å²) in [5.41, 5.74) is 9.84. The number of likely N-dealkylation sites (tertiary alicyclic amines) is 1. The van der Waals surface area contributed by atoms with E-state index in [0.29, 0.717) is 19.6 Å². The first-order chi connectivity index (χ1) is 11.9. The number of rotatable bonds is 8. The summed E-state index contributed by atoms with van der Waals surface area (Å²) in [6.45, 7) is 1.70. The molecule has 136 valence electrons. The number of amides is 1. The van der Waals surface area contributed by atoms with Crippen molar-refractivity contribution in [3.8, 4) is 0 Å². The Hall–Kier alpha value is -1.70. The third-order valence-corrected chi connectivity index (χ3v) is 4.89. The molecule has 1 aromatic rings. The lowest BCUT2D eigenvalue weighted by Gasteiger charge is -2.18. The first kappa shape index (κ1) is 19.6. The van der Waals surface area contributed by atoms with Crippen molar-refractivity contribution in [3.63, 3.8) is 0 Å². The van der Waals surface area contributed by atoms with Gasteiger partial charge in [0.2, 0.25) is 5.91 Å². The van der Waals surface area contributed by atoms with Crippen LogP contribution in [0.1, 0.15) is 18.4 Å². The summed E-state index contributed by atoms with van der Waals surface area (Å²) >= 11 is 2.74. The van der Waals surface area contributed by atoms with Gasteiger partial charge in [-0.3, -0.25) is 9.69 Å². The van der Waals surface area contributed by atoms with Crippen molar-refractivity contribution in [2.45, 2.75) is 37.4 Å². The zero-order chi connectivity index (χ0) is 18.3. The number of halogens is 3. The lowest BCUT2D eigenvalue weighted by atomic mass is 10.1. The van der Waals surface area contributed by atoms with E-state index in [1.165, 1.54) is 0 Å². The van der Waals surface area contributed by atoms with Crippen molar-refractivity contribution in [2.75, 3.05) is 18.4 Å². The molecule has 1 aliphatic heterocycles. The van der Waals surface area contributed by atoms with E-state index in [1.54, 1.807) is 0 Å². The van der Waals surface area contributed by atoms with Crippen LogP contribution in [0.25, 0.3) is 10.4 Å². The predicted octanol–water partition coefficient (Wildman–Crippen LogP) is 3.48. The number of carbonyl (C=O) groups is 1. The molecule has 0 spiro atoms. The monoisotopic (exact) mass is 415 g/mol. The molecule has 0 bridgehead atoms. The Morgan fingerprint density at radius 3 is 2.76 bits per heavy atom. The molecule has 1 heterocycles. The zero-order valence-corrected chi connectivity index (χ0v) is 15.2. The van der Waals surface area contributed by atoms with Crippen molar-refractivity contribution in [1.82, 2.24) is 10.2 Å². The molecule has 9 heteroatoms. The smallest absolute Gasteiger partial charge is 0.258 e. The second-order valence-corrected chi connectivity index (χ2v) is 6.68. The summed E-state index contributed by atoms with van der Waals surface area (Å²) in [5.74, 6) is -3.36. The summed E-state index contributed by atoms with van der Waals surface area (Å²) in [5, 5.41) is 6.01. The van der Waals surface area contributed by atoms with Gasteiger partial charge in [-0.05, 0) is 11.1 Å². The average Bonchev–Trinajstić information content (AvgIpc) is 2.95. The number of alkyl halides is 3. The molecule has 0 radical (unpaired) electrons. The summed E-state index contributed by atoms with van der Waals surface area (Å²) in [6, 6.07) is 9.04. The second kappa shape index (κ2) is 9.12. The van der Waals surface area contributed by atoms with E-state index in [1.807, 2.05) is 30.3 Å². The van der Waals surface area contributed by atoms with Crippen LogP contribution >= 0.6 is 15.9 Å².